The first kappa shape index (κ1) is 24.0. The number of rotatable bonds is 5. The summed E-state index contributed by atoms with van der Waals surface area (Å²) >= 11 is 0.927. The minimum atomic E-state index is -0.479. The maximum atomic E-state index is 13.0. The van der Waals surface area contributed by atoms with Crippen molar-refractivity contribution in [1.29, 1.82) is 0 Å². The molecule has 2 heterocycles. The van der Waals surface area contributed by atoms with E-state index in [1.54, 1.807) is 18.2 Å². The maximum Gasteiger partial charge on any atom is 0.293 e. The molecule has 1 saturated heterocycles. The minimum Gasteiger partial charge on any atom is -0.364 e. The number of carbonyl (C=O) groups is 2. The second-order valence-corrected chi connectivity index (χ2v) is 10.9. The molecule has 0 bridgehead atoms. The molecule has 34 heavy (non-hydrogen) atoms. The largest absolute Gasteiger partial charge is 0.364 e. The van der Waals surface area contributed by atoms with Crippen LogP contribution in [0.25, 0.3) is 6.08 Å². The van der Waals surface area contributed by atoms with Gasteiger partial charge in [-0.25, -0.2) is 0 Å². The van der Waals surface area contributed by atoms with Crippen LogP contribution in [0.5, 0.6) is 0 Å². The van der Waals surface area contributed by atoms with E-state index < -0.39 is 4.92 Å². The van der Waals surface area contributed by atoms with E-state index in [-0.39, 0.29) is 28.9 Å². The second-order valence-electron chi connectivity index (χ2n) is 9.89. The normalized spacial score (nSPS) is 20.9. The molecule has 2 aromatic carbocycles. The summed E-state index contributed by atoms with van der Waals surface area (Å²) in [6.45, 7) is 11.3. The molecule has 2 aliphatic heterocycles. The quantitative estimate of drug-likeness (QED) is 0.283. The molecular formula is C26H29N3O4S. The fourth-order valence-electron chi connectivity index (χ4n) is 5.23. The van der Waals surface area contributed by atoms with Crippen molar-refractivity contribution >= 4 is 40.4 Å². The number of hydrogen-bond donors (Lipinski definition) is 0. The van der Waals surface area contributed by atoms with E-state index >= 15 is 0 Å². The highest BCUT2D eigenvalue weighted by atomic mass is 32.2. The van der Waals surface area contributed by atoms with Gasteiger partial charge in [0.15, 0.2) is 0 Å². The van der Waals surface area contributed by atoms with Crippen LogP contribution in [0.4, 0.5) is 16.2 Å². The van der Waals surface area contributed by atoms with Crippen LogP contribution in [0, 0.1) is 10.1 Å². The van der Waals surface area contributed by atoms with Gasteiger partial charge in [-0.3, -0.25) is 24.6 Å². The van der Waals surface area contributed by atoms with Crippen LogP contribution < -0.4 is 4.90 Å². The Morgan fingerprint density at radius 3 is 2.47 bits per heavy atom. The highest BCUT2D eigenvalue weighted by molar-refractivity contribution is 8.18. The van der Waals surface area contributed by atoms with Crippen molar-refractivity contribution < 1.29 is 14.5 Å². The number of nitro benzene ring substituents is 1. The van der Waals surface area contributed by atoms with Gasteiger partial charge < -0.3 is 4.90 Å². The third-order valence-electron chi connectivity index (χ3n) is 6.48. The molecule has 4 rings (SSSR count). The monoisotopic (exact) mass is 479 g/mol. The molecule has 0 saturated carbocycles. The molecule has 0 N–H and O–H groups in total. The summed E-state index contributed by atoms with van der Waals surface area (Å²) in [6, 6.07) is 12.5. The number of carbonyl (C=O) groups excluding carboxylic acids is 2. The van der Waals surface area contributed by atoms with Gasteiger partial charge in [0, 0.05) is 29.4 Å². The number of thioether (sulfide) groups is 1. The van der Waals surface area contributed by atoms with Gasteiger partial charge in [0.2, 0.25) is 0 Å². The number of anilines is 1. The lowest BCUT2D eigenvalue weighted by atomic mass is 9.79. The third-order valence-corrected chi connectivity index (χ3v) is 7.38. The molecule has 0 aliphatic carbocycles. The number of amides is 2. The summed E-state index contributed by atoms with van der Waals surface area (Å²) in [7, 11) is 0. The van der Waals surface area contributed by atoms with Crippen LogP contribution in [0.1, 0.15) is 63.6 Å². The van der Waals surface area contributed by atoms with Crippen molar-refractivity contribution in [3.8, 4) is 0 Å². The van der Waals surface area contributed by atoms with Crippen molar-refractivity contribution in [2.75, 3.05) is 4.90 Å². The minimum absolute atomic E-state index is 0.0288. The first-order valence-electron chi connectivity index (χ1n) is 11.4. The molecule has 2 amide bonds. The van der Waals surface area contributed by atoms with Crippen molar-refractivity contribution in [1.82, 2.24) is 4.90 Å². The number of fused-ring (bicyclic) bond motifs is 1. The van der Waals surface area contributed by atoms with Gasteiger partial charge in [-0.1, -0.05) is 25.1 Å². The molecule has 7 nitrogen and oxygen atoms in total. The van der Waals surface area contributed by atoms with E-state index in [0.29, 0.717) is 22.4 Å². The molecule has 1 fully saturated rings. The Hall–Kier alpha value is -3.13. The van der Waals surface area contributed by atoms with Gasteiger partial charge in [-0.15, -0.1) is 0 Å². The van der Waals surface area contributed by atoms with E-state index in [0.717, 1.165) is 23.7 Å². The topological polar surface area (TPSA) is 83.8 Å². The van der Waals surface area contributed by atoms with Gasteiger partial charge in [-0.05, 0) is 86.7 Å². The Morgan fingerprint density at radius 2 is 1.85 bits per heavy atom. The van der Waals surface area contributed by atoms with Crippen LogP contribution >= 0.6 is 11.8 Å². The number of benzene rings is 2. The Kier molecular flexibility index (Phi) is 6.29. The Morgan fingerprint density at radius 1 is 1.18 bits per heavy atom. The van der Waals surface area contributed by atoms with Crippen molar-refractivity contribution in [3.05, 3.63) is 74.2 Å². The average molecular weight is 480 g/mol. The Labute approximate surface area is 204 Å². The summed E-state index contributed by atoms with van der Waals surface area (Å²) in [5.74, 6) is 0.0367. The number of hydrogen-bond acceptors (Lipinski definition) is 6. The summed E-state index contributed by atoms with van der Waals surface area (Å²) in [4.78, 5) is 39.9. The molecule has 0 radical (unpaired) electrons. The molecule has 1 unspecified atom stereocenters. The highest BCUT2D eigenvalue weighted by Gasteiger charge is 2.38. The molecule has 8 heteroatoms. The van der Waals surface area contributed by atoms with Gasteiger partial charge >= 0.3 is 0 Å². The molecule has 178 valence electrons. The lowest BCUT2D eigenvalue weighted by Gasteiger charge is -2.50. The lowest BCUT2D eigenvalue weighted by molar-refractivity contribution is -0.384. The van der Waals surface area contributed by atoms with Crippen LogP contribution in [-0.2, 0) is 11.3 Å². The molecule has 0 spiro atoms. The average Bonchev–Trinajstić information content (AvgIpc) is 3.01. The molecule has 0 aromatic heterocycles. The number of nitrogens with zero attached hydrogens (tertiary/aromatic N) is 3. The Bertz CT molecular complexity index is 1190. The standard InChI is InChI=1S/C26H29N3O4S/c1-16(2)28-22-11-8-19(12-21(22)17(3)14-26(28,4)5)13-23-24(30)27(25(31)34-23)15-18-6-9-20(10-7-18)29(32)33/h6-13,16-17H,14-15H2,1-5H3/b23-13-. The maximum absolute atomic E-state index is 13.0. The smallest absolute Gasteiger partial charge is 0.293 e. The third kappa shape index (κ3) is 4.46. The summed E-state index contributed by atoms with van der Waals surface area (Å²) in [6.07, 6.45) is 2.82. The SMILES string of the molecule is CC1CC(C)(C)N(C(C)C)c2ccc(/C=C3\SC(=O)N(Cc4ccc([N+](=O)[O-])cc4)C3=O)cc21. The fraction of sp³-hybridized carbons (Fsp3) is 0.385. The van der Waals surface area contributed by atoms with Crippen LogP contribution in [-0.4, -0.2) is 32.6 Å². The lowest BCUT2D eigenvalue weighted by Crippen LogP contribution is -2.51. The van der Waals surface area contributed by atoms with Crippen molar-refractivity contribution in [2.45, 2.75) is 65.1 Å². The number of non-ortho nitro benzene ring substituents is 1. The fourth-order valence-corrected chi connectivity index (χ4v) is 6.07. The number of nitro groups is 1. The zero-order valence-electron chi connectivity index (χ0n) is 20.1. The first-order valence-corrected chi connectivity index (χ1v) is 12.2. The zero-order chi connectivity index (χ0) is 24.8. The number of imide groups is 1. The van der Waals surface area contributed by atoms with Crippen molar-refractivity contribution in [2.24, 2.45) is 0 Å². The summed E-state index contributed by atoms with van der Waals surface area (Å²) in [5, 5.41) is 10.5. The van der Waals surface area contributed by atoms with Gasteiger partial charge in [0.1, 0.15) is 0 Å². The van der Waals surface area contributed by atoms with E-state index in [9.17, 15) is 19.7 Å². The molecule has 2 aliphatic rings. The van der Waals surface area contributed by atoms with Gasteiger partial charge in [0.05, 0.1) is 16.4 Å². The van der Waals surface area contributed by atoms with Crippen LogP contribution in [0.2, 0.25) is 0 Å². The van der Waals surface area contributed by atoms with E-state index in [1.165, 1.54) is 28.3 Å². The molecule has 2 aromatic rings. The van der Waals surface area contributed by atoms with Gasteiger partial charge in [0.25, 0.3) is 16.8 Å². The molecule has 1 atom stereocenters. The van der Waals surface area contributed by atoms with Crippen molar-refractivity contribution in [3.63, 3.8) is 0 Å². The highest BCUT2D eigenvalue weighted by Crippen LogP contribution is 2.45. The molecular weight excluding hydrogens is 450 g/mol. The summed E-state index contributed by atoms with van der Waals surface area (Å²) in [5.41, 5.74) is 4.07. The second kappa shape index (κ2) is 8.91. The summed E-state index contributed by atoms with van der Waals surface area (Å²) < 4.78 is 0. The first-order chi connectivity index (χ1) is 16.0. The Balaban J connectivity index is 1.58. The van der Waals surface area contributed by atoms with E-state index in [2.05, 4.69) is 51.7 Å². The van der Waals surface area contributed by atoms with Gasteiger partial charge in [-0.2, -0.15) is 0 Å². The van der Waals surface area contributed by atoms with Crippen LogP contribution in [0.15, 0.2) is 47.4 Å². The zero-order valence-corrected chi connectivity index (χ0v) is 20.9. The van der Waals surface area contributed by atoms with E-state index in [4.69, 9.17) is 0 Å². The van der Waals surface area contributed by atoms with E-state index in [1.807, 2.05) is 6.07 Å². The predicted octanol–water partition coefficient (Wildman–Crippen LogP) is 6.33. The predicted molar refractivity (Wildman–Crippen MR) is 136 cm³/mol. The van der Waals surface area contributed by atoms with Crippen LogP contribution in [0.3, 0.4) is 0 Å².